The monoisotopic (exact) mass is 386 g/mol. The van der Waals surface area contributed by atoms with E-state index in [9.17, 15) is 4.79 Å². The van der Waals surface area contributed by atoms with Crippen LogP contribution in [-0.4, -0.2) is 41.2 Å². The summed E-state index contributed by atoms with van der Waals surface area (Å²) in [6, 6.07) is 5.67. The fourth-order valence-electron chi connectivity index (χ4n) is 2.63. The quantitative estimate of drug-likeness (QED) is 0.572. The van der Waals surface area contributed by atoms with Crippen molar-refractivity contribution in [3.63, 3.8) is 0 Å². The number of thiazole rings is 1. The highest BCUT2D eigenvalue weighted by molar-refractivity contribution is 7.13. The van der Waals surface area contributed by atoms with Crippen molar-refractivity contribution in [1.29, 1.82) is 0 Å². The average Bonchev–Trinajstić information content (AvgIpc) is 3.36. The van der Waals surface area contributed by atoms with Gasteiger partial charge in [0.2, 0.25) is 5.91 Å². The Bertz CT molecular complexity index is 877. The van der Waals surface area contributed by atoms with E-state index in [-0.39, 0.29) is 12.3 Å². The summed E-state index contributed by atoms with van der Waals surface area (Å²) < 4.78 is 12.6. The molecule has 2 aromatic heterocycles. The molecule has 1 aromatic carbocycles. The first-order chi connectivity index (χ1) is 13.2. The first-order valence-corrected chi connectivity index (χ1v) is 9.47. The zero-order chi connectivity index (χ0) is 19.1. The van der Waals surface area contributed by atoms with Gasteiger partial charge in [0, 0.05) is 36.4 Å². The van der Waals surface area contributed by atoms with Crippen LogP contribution in [0.2, 0.25) is 0 Å². The van der Waals surface area contributed by atoms with Crippen LogP contribution >= 0.6 is 11.3 Å². The lowest BCUT2D eigenvalue weighted by Gasteiger charge is -2.08. The van der Waals surface area contributed by atoms with Crippen LogP contribution in [0.4, 0.5) is 0 Å². The molecule has 0 spiro atoms. The molecule has 27 heavy (non-hydrogen) atoms. The fourth-order valence-corrected chi connectivity index (χ4v) is 3.44. The van der Waals surface area contributed by atoms with Gasteiger partial charge in [0.15, 0.2) is 11.5 Å². The van der Waals surface area contributed by atoms with E-state index in [1.807, 2.05) is 34.3 Å². The van der Waals surface area contributed by atoms with Crippen molar-refractivity contribution in [2.75, 3.05) is 20.8 Å². The highest BCUT2D eigenvalue weighted by atomic mass is 32.1. The molecule has 0 saturated heterocycles. The van der Waals surface area contributed by atoms with Crippen LogP contribution in [0.25, 0.3) is 10.6 Å². The summed E-state index contributed by atoms with van der Waals surface area (Å²) in [5.41, 5.74) is 1.70. The van der Waals surface area contributed by atoms with Gasteiger partial charge in [0.25, 0.3) is 0 Å². The summed E-state index contributed by atoms with van der Waals surface area (Å²) >= 11 is 1.51. The number of rotatable bonds is 9. The van der Waals surface area contributed by atoms with Gasteiger partial charge in [-0.25, -0.2) is 9.97 Å². The maximum Gasteiger partial charge on any atom is 0.226 e. The number of ether oxygens (including phenoxy) is 2. The van der Waals surface area contributed by atoms with E-state index in [1.165, 1.54) is 11.3 Å². The molecule has 8 heteroatoms. The largest absolute Gasteiger partial charge is 0.493 e. The van der Waals surface area contributed by atoms with E-state index in [1.54, 1.807) is 26.7 Å². The molecule has 0 radical (unpaired) electrons. The van der Waals surface area contributed by atoms with Crippen LogP contribution in [0.1, 0.15) is 12.1 Å². The van der Waals surface area contributed by atoms with Crippen LogP contribution < -0.4 is 14.8 Å². The zero-order valence-corrected chi connectivity index (χ0v) is 16.2. The van der Waals surface area contributed by atoms with Crippen molar-refractivity contribution in [1.82, 2.24) is 19.9 Å². The number of nitrogens with zero attached hydrogens (tertiary/aromatic N) is 3. The van der Waals surface area contributed by atoms with Gasteiger partial charge in [-0.15, -0.1) is 11.3 Å². The van der Waals surface area contributed by atoms with Gasteiger partial charge in [-0.2, -0.15) is 0 Å². The Morgan fingerprint density at radius 1 is 1.26 bits per heavy atom. The molecule has 0 aliphatic heterocycles. The van der Waals surface area contributed by atoms with Gasteiger partial charge in [0.05, 0.1) is 32.7 Å². The number of methoxy groups -OCH3 is 2. The molecule has 0 aliphatic carbocycles. The van der Waals surface area contributed by atoms with Crippen molar-refractivity contribution in [3.05, 3.63) is 48.0 Å². The van der Waals surface area contributed by atoms with E-state index >= 15 is 0 Å². The third kappa shape index (κ3) is 5.07. The minimum atomic E-state index is -0.0233. The molecule has 7 nitrogen and oxygen atoms in total. The Hall–Kier alpha value is -2.87. The Morgan fingerprint density at radius 3 is 2.85 bits per heavy atom. The smallest absolute Gasteiger partial charge is 0.226 e. The van der Waals surface area contributed by atoms with Gasteiger partial charge in [-0.05, 0) is 24.6 Å². The Kier molecular flexibility index (Phi) is 6.43. The van der Waals surface area contributed by atoms with Crippen molar-refractivity contribution in [2.24, 2.45) is 0 Å². The normalized spacial score (nSPS) is 10.6. The molecule has 1 N–H and O–H groups in total. The number of carbonyl (C=O) groups is 1. The first-order valence-electron chi connectivity index (χ1n) is 8.59. The van der Waals surface area contributed by atoms with Crippen LogP contribution in [0.3, 0.4) is 0 Å². The molecule has 0 unspecified atom stereocenters. The standard InChI is InChI=1S/C19H22N4O3S/c1-25-16-5-4-14(10-17(16)26-2)19-22-15(12-27-19)11-18(24)21-6-3-8-23-9-7-20-13-23/h4-5,7,9-10,12-13H,3,6,8,11H2,1-2H3,(H,21,24). The van der Waals surface area contributed by atoms with Gasteiger partial charge in [0.1, 0.15) is 5.01 Å². The number of carbonyl (C=O) groups excluding carboxylic acids is 1. The minimum absolute atomic E-state index is 0.0233. The highest BCUT2D eigenvalue weighted by Gasteiger charge is 2.11. The Balaban J connectivity index is 1.52. The van der Waals surface area contributed by atoms with Crippen molar-refractivity contribution in [2.45, 2.75) is 19.4 Å². The van der Waals surface area contributed by atoms with Crippen molar-refractivity contribution < 1.29 is 14.3 Å². The number of hydrogen-bond donors (Lipinski definition) is 1. The highest BCUT2D eigenvalue weighted by Crippen LogP contribution is 2.33. The minimum Gasteiger partial charge on any atom is -0.493 e. The lowest BCUT2D eigenvalue weighted by atomic mass is 10.2. The number of aromatic nitrogens is 3. The zero-order valence-electron chi connectivity index (χ0n) is 15.3. The summed E-state index contributed by atoms with van der Waals surface area (Å²) in [5.74, 6) is 1.31. The van der Waals surface area contributed by atoms with E-state index in [0.29, 0.717) is 18.0 Å². The number of benzene rings is 1. The second-order valence-electron chi connectivity index (χ2n) is 5.89. The van der Waals surface area contributed by atoms with Crippen LogP contribution in [0, 0.1) is 0 Å². The summed E-state index contributed by atoms with van der Waals surface area (Å²) in [5, 5.41) is 5.69. The summed E-state index contributed by atoms with van der Waals surface area (Å²) in [6.45, 7) is 1.46. The third-order valence-electron chi connectivity index (χ3n) is 4.00. The molecule has 0 fully saturated rings. The summed E-state index contributed by atoms with van der Waals surface area (Å²) in [7, 11) is 3.21. The molecule has 0 bridgehead atoms. The topological polar surface area (TPSA) is 78.3 Å². The van der Waals surface area contributed by atoms with Crippen LogP contribution in [-0.2, 0) is 17.8 Å². The van der Waals surface area contributed by atoms with E-state index in [0.717, 1.165) is 29.2 Å². The third-order valence-corrected chi connectivity index (χ3v) is 4.94. The van der Waals surface area contributed by atoms with Crippen LogP contribution in [0.5, 0.6) is 11.5 Å². The molecule has 3 rings (SSSR count). The lowest BCUT2D eigenvalue weighted by Crippen LogP contribution is -2.26. The van der Waals surface area contributed by atoms with E-state index in [2.05, 4.69) is 15.3 Å². The SMILES string of the molecule is COc1ccc(-c2nc(CC(=O)NCCCn3ccnc3)cs2)cc1OC. The predicted octanol–water partition coefficient (Wildman–Crippen LogP) is 2.77. The van der Waals surface area contributed by atoms with Crippen LogP contribution in [0.15, 0.2) is 42.3 Å². The molecular formula is C19H22N4O3S. The Labute approximate surface area is 162 Å². The summed E-state index contributed by atoms with van der Waals surface area (Å²) in [6.07, 6.45) is 6.56. The first kappa shape index (κ1) is 18.9. The number of hydrogen-bond acceptors (Lipinski definition) is 6. The fraction of sp³-hybridized carbons (Fsp3) is 0.316. The average molecular weight is 386 g/mol. The predicted molar refractivity (Wildman–Crippen MR) is 104 cm³/mol. The van der Waals surface area contributed by atoms with E-state index in [4.69, 9.17) is 9.47 Å². The molecule has 1 amide bonds. The maximum absolute atomic E-state index is 12.1. The van der Waals surface area contributed by atoms with Gasteiger partial charge >= 0.3 is 0 Å². The van der Waals surface area contributed by atoms with Crippen molar-refractivity contribution in [3.8, 4) is 22.1 Å². The molecule has 0 aliphatic rings. The lowest BCUT2D eigenvalue weighted by molar-refractivity contribution is -0.120. The van der Waals surface area contributed by atoms with Gasteiger partial charge in [-0.3, -0.25) is 4.79 Å². The second-order valence-corrected chi connectivity index (χ2v) is 6.75. The number of imidazole rings is 1. The van der Waals surface area contributed by atoms with Crippen molar-refractivity contribution >= 4 is 17.2 Å². The number of aryl methyl sites for hydroxylation is 1. The molecule has 142 valence electrons. The Morgan fingerprint density at radius 2 is 2.11 bits per heavy atom. The maximum atomic E-state index is 12.1. The van der Waals surface area contributed by atoms with Gasteiger partial charge < -0.3 is 19.4 Å². The molecule has 2 heterocycles. The molecule has 3 aromatic rings. The molecule has 0 atom stereocenters. The number of amides is 1. The molecular weight excluding hydrogens is 364 g/mol. The van der Waals surface area contributed by atoms with E-state index < -0.39 is 0 Å². The second kappa shape index (κ2) is 9.18. The molecule has 0 saturated carbocycles. The number of nitrogens with one attached hydrogen (secondary N) is 1. The summed E-state index contributed by atoms with van der Waals surface area (Å²) in [4.78, 5) is 20.7. The van der Waals surface area contributed by atoms with Gasteiger partial charge in [-0.1, -0.05) is 0 Å².